The molecule has 2 heterocycles. The first-order chi connectivity index (χ1) is 11.1. The highest BCUT2D eigenvalue weighted by Crippen LogP contribution is 2.41. The quantitative estimate of drug-likeness (QED) is 0.369. The van der Waals surface area contributed by atoms with Gasteiger partial charge in [0.2, 0.25) is 5.91 Å². The summed E-state index contributed by atoms with van der Waals surface area (Å²) in [6, 6.07) is 8.01. The normalized spacial score (nSPS) is 23.3. The fraction of sp³-hybridized carbons (Fsp3) is 0.125. The Labute approximate surface area is 130 Å². The number of phenolic OH excluding ortho intramolecular Hbond substituents is 1. The molecule has 6 nitrogen and oxygen atoms in total. The van der Waals surface area contributed by atoms with E-state index in [0.29, 0.717) is 22.5 Å². The molecule has 7 heteroatoms. The van der Waals surface area contributed by atoms with Gasteiger partial charge in [0.15, 0.2) is 0 Å². The van der Waals surface area contributed by atoms with Gasteiger partial charge in [-0.05, 0) is 42.0 Å². The van der Waals surface area contributed by atoms with Crippen LogP contribution in [0.4, 0.5) is 15.8 Å². The third-order valence-corrected chi connectivity index (χ3v) is 4.21. The van der Waals surface area contributed by atoms with Gasteiger partial charge < -0.3 is 20.9 Å². The monoisotopic (exact) mass is 313 g/mol. The second-order valence-electron chi connectivity index (χ2n) is 5.54. The van der Waals surface area contributed by atoms with Gasteiger partial charge in [-0.15, -0.1) is 0 Å². The summed E-state index contributed by atoms with van der Waals surface area (Å²) in [7, 11) is 0. The van der Waals surface area contributed by atoms with Crippen molar-refractivity contribution in [3.05, 3.63) is 53.3 Å². The summed E-state index contributed by atoms with van der Waals surface area (Å²) in [5.41, 5.74) is 2.42. The van der Waals surface area contributed by atoms with E-state index < -0.39 is 17.8 Å². The molecule has 2 aliphatic heterocycles. The van der Waals surface area contributed by atoms with Gasteiger partial charge in [-0.1, -0.05) is 5.16 Å². The lowest BCUT2D eigenvalue weighted by atomic mass is 9.89. The van der Waals surface area contributed by atoms with Crippen molar-refractivity contribution < 1.29 is 19.5 Å². The average molecular weight is 313 g/mol. The maximum absolute atomic E-state index is 13.6. The molecule has 4 N–H and O–H groups in total. The summed E-state index contributed by atoms with van der Waals surface area (Å²) >= 11 is 0. The maximum atomic E-state index is 13.6. The third-order valence-electron chi connectivity index (χ3n) is 4.21. The first-order valence-electron chi connectivity index (χ1n) is 7.00. The molecule has 2 unspecified atom stereocenters. The van der Waals surface area contributed by atoms with E-state index in [9.17, 15) is 19.5 Å². The van der Waals surface area contributed by atoms with Crippen molar-refractivity contribution in [2.75, 3.05) is 10.6 Å². The number of halogens is 1. The lowest BCUT2D eigenvalue weighted by Gasteiger charge is -2.18. The number of anilines is 2. The highest BCUT2D eigenvalue weighted by Gasteiger charge is 2.43. The number of aromatic hydroxyl groups is 1. The van der Waals surface area contributed by atoms with Gasteiger partial charge in [0.05, 0.1) is 12.0 Å². The number of rotatable bonds is 1. The Hall–Kier alpha value is -3.09. The number of nitrogens with zero attached hydrogens (tertiary/aromatic N) is 1. The molecule has 0 aromatic heterocycles. The minimum atomic E-state index is -0.735. The molecule has 2 aromatic rings. The largest absolute Gasteiger partial charge is 0.508 e. The van der Waals surface area contributed by atoms with E-state index in [1.54, 1.807) is 6.07 Å². The number of hydrogen-bond acceptors (Lipinski definition) is 5. The fourth-order valence-corrected chi connectivity index (χ4v) is 3.22. The molecule has 4 rings (SSSR count). The smallest absolute Gasteiger partial charge is 0.234 e. The van der Waals surface area contributed by atoms with Crippen molar-refractivity contribution >= 4 is 23.0 Å². The zero-order chi connectivity index (χ0) is 16.1. The molecule has 0 radical (unpaired) electrons. The molecule has 0 spiro atoms. The van der Waals surface area contributed by atoms with Crippen molar-refractivity contribution in [2.24, 2.45) is 5.16 Å². The third kappa shape index (κ3) is 1.93. The van der Waals surface area contributed by atoms with Crippen LogP contribution in [0.15, 0.2) is 41.6 Å². The van der Waals surface area contributed by atoms with Crippen molar-refractivity contribution in [1.82, 2.24) is 0 Å². The van der Waals surface area contributed by atoms with Gasteiger partial charge in [-0.2, -0.15) is 0 Å². The first kappa shape index (κ1) is 13.6. The standard InChI is InChI=1S/C16H12FN3O3/c17-7-1-3-11-9(5-7)13(16(22)19-11)15-14(20-23)10-6-8(21)2-4-12(10)18-15/h1-6,13,15,18,21,23H,(H,19,22)/b20-14-. The van der Waals surface area contributed by atoms with Crippen LogP contribution >= 0.6 is 0 Å². The van der Waals surface area contributed by atoms with E-state index in [4.69, 9.17) is 0 Å². The minimum absolute atomic E-state index is 0.0228. The van der Waals surface area contributed by atoms with E-state index in [1.165, 1.54) is 30.3 Å². The number of hydrogen-bond donors (Lipinski definition) is 4. The lowest BCUT2D eigenvalue weighted by Crippen LogP contribution is -2.34. The molecular weight excluding hydrogens is 301 g/mol. The minimum Gasteiger partial charge on any atom is -0.508 e. The molecule has 23 heavy (non-hydrogen) atoms. The Bertz CT molecular complexity index is 866. The van der Waals surface area contributed by atoms with Crippen molar-refractivity contribution in [3.63, 3.8) is 0 Å². The van der Waals surface area contributed by atoms with Crippen LogP contribution in [-0.2, 0) is 4.79 Å². The summed E-state index contributed by atoms with van der Waals surface area (Å²) in [5, 5.41) is 28.1. The van der Waals surface area contributed by atoms with Crippen LogP contribution in [0, 0.1) is 5.82 Å². The topological polar surface area (TPSA) is 94.0 Å². The molecule has 2 aliphatic rings. The Morgan fingerprint density at radius 1 is 1.13 bits per heavy atom. The van der Waals surface area contributed by atoms with E-state index >= 15 is 0 Å². The van der Waals surface area contributed by atoms with Gasteiger partial charge in [0.25, 0.3) is 0 Å². The van der Waals surface area contributed by atoms with E-state index in [-0.39, 0.29) is 17.4 Å². The first-order valence-corrected chi connectivity index (χ1v) is 7.00. The predicted molar refractivity (Wildman–Crippen MR) is 81.6 cm³/mol. The number of carbonyl (C=O) groups excluding carboxylic acids is 1. The fourth-order valence-electron chi connectivity index (χ4n) is 3.22. The van der Waals surface area contributed by atoms with Crippen molar-refractivity contribution in [1.29, 1.82) is 0 Å². The number of fused-ring (bicyclic) bond motifs is 2. The molecule has 0 saturated heterocycles. The molecule has 2 atom stereocenters. The van der Waals surface area contributed by atoms with Gasteiger partial charge >= 0.3 is 0 Å². The SMILES string of the molecule is O=C1Nc2ccc(F)cc2C1C1Nc2ccc(O)cc2/C1=N/O. The van der Waals surface area contributed by atoms with E-state index in [2.05, 4.69) is 15.8 Å². The molecule has 2 aromatic carbocycles. The summed E-state index contributed by atoms with van der Waals surface area (Å²) < 4.78 is 13.6. The van der Waals surface area contributed by atoms with Gasteiger partial charge in [0, 0.05) is 16.9 Å². The van der Waals surface area contributed by atoms with Crippen LogP contribution in [0.3, 0.4) is 0 Å². The number of benzene rings is 2. The zero-order valence-electron chi connectivity index (χ0n) is 11.7. The number of amides is 1. The van der Waals surface area contributed by atoms with Crippen LogP contribution in [0.5, 0.6) is 5.75 Å². The maximum Gasteiger partial charge on any atom is 0.234 e. The van der Waals surface area contributed by atoms with Crippen LogP contribution in [0.25, 0.3) is 0 Å². The highest BCUT2D eigenvalue weighted by atomic mass is 19.1. The lowest BCUT2D eigenvalue weighted by molar-refractivity contribution is -0.117. The molecule has 0 bridgehead atoms. The number of nitrogens with one attached hydrogen (secondary N) is 2. The molecule has 0 saturated carbocycles. The molecule has 116 valence electrons. The van der Waals surface area contributed by atoms with E-state index in [0.717, 1.165) is 0 Å². The Kier molecular flexibility index (Phi) is 2.77. The second kappa shape index (κ2) is 4.70. The summed E-state index contributed by atoms with van der Waals surface area (Å²) in [5.74, 6) is -1.46. The molecular formula is C16H12FN3O3. The van der Waals surface area contributed by atoms with E-state index in [1.807, 2.05) is 0 Å². The Morgan fingerprint density at radius 2 is 1.91 bits per heavy atom. The summed E-state index contributed by atoms with van der Waals surface area (Å²) in [6.07, 6.45) is 0. The summed E-state index contributed by atoms with van der Waals surface area (Å²) in [4.78, 5) is 12.3. The second-order valence-corrected chi connectivity index (χ2v) is 5.54. The highest BCUT2D eigenvalue weighted by molar-refractivity contribution is 6.18. The molecule has 1 amide bonds. The zero-order valence-corrected chi connectivity index (χ0v) is 11.7. The van der Waals surface area contributed by atoms with Gasteiger partial charge in [-0.3, -0.25) is 4.79 Å². The number of phenols is 1. The molecule has 0 aliphatic carbocycles. The average Bonchev–Trinajstić information content (AvgIpc) is 3.02. The predicted octanol–water partition coefficient (Wildman–Crippen LogP) is 2.24. The number of carbonyl (C=O) groups is 1. The van der Waals surface area contributed by atoms with Crippen molar-refractivity contribution in [3.8, 4) is 5.75 Å². The van der Waals surface area contributed by atoms with Gasteiger partial charge in [0.1, 0.15) is 17.3 Å². The van der Waals surface area contributed by atoms with Gasteiger partial charge in [-0.25, -0.2) is 4.39 Å². The Morgan fingerprint density at radius 3 is 2.70 bits per heavy atom. The van der Waals surface area contributed by atoms with Crippen LogP contribution in [0.1, 0.15) is 17.0 Å². The van der Waals surface area contributed by atoms with Crippen LogP contribution in [-0.4, -0.2) is 28.0 Å². The van der Waals surface area contributed by atoms with Crippen molar-refractivity contribution in [2.45, 2.75) is 12.0 Å². The number of oxime groups is 1. The van der Waals surface area contributed by atoms with Crippen LogP contribution in [0.2, 0.25) is 0 Å². The molecule has 0 fully saturated rings. The Balaban J connectivity index is 1.81. The van der Waals surface area contributed by atoms with Crippen LogP contribution < -0.4 is 10.6 Å². The summed E-state index contributed by atoms with van der Waals surface area (Å²) in [6.45, 7) is 0.